The molecule has 4 rings (SSSR count). The van der Waals surface area contributed by atoms with Crippen LogP contribution in [0, 0.1) is 17.6 Å². The average molecular weight is 431 g/mol. The highest BCUT2D eigenvalue weighted by atomic mass is 35.5. The van der Waals surface area contributed by atoms with Gasteiger partial charge in [-0.15, -0.1) is 0 Å². The Morgan fingerprint density at radius 1 is 0.967 bits per heavy atom. The number of halogens is 3. The summed E-state index contributed by atoms with van der Waals surface area (Å²) in [5, 5.41) is 1.48. The molecule has 1 aliphatic rings. The molecule has 30 heavy (non-hydrogen) atoms. The first-order valence-corrected chi connectivity index (χ1v) is 10.8. The zero-order valence-electron chi connectivity index (χ0n) is 17.0. The van der Waals surface area contributed by atoms with Gasteiger partial charge in [0.25, 0.3) is 0 Å². The minimum absolute atomic E-state index is 0.0956. The van der Waals surface area contributed by atoms with Crippen LogP contribution in [0.5, 0.6) is 0 Å². The molecular weight excluding hydrogens is 406 g/mol. The predicted octanol–water partition coefficient (Wildman–Crippen LogP) is 7.02. The molecule has 5 heteroatoms. The van der Waals surface area contributed by atoms with Gasteiger partial charge in [0.1, 0.15) is 11.6 Å². The summed E-state index contributed by atoms with van der Waals surface area (Å²) < 4.78 is 40.4. The van der Waals surface area contributed by atoms with Crippen molar-refractivity contribution in [3.8, 4) is 0 Å². The fourth-order valence-corrected chi connectivity index (χ4v) is 4.10. The Balaban J connectivity index is 1.48. The van der Waals surface area contributed by atoms with Gasteiger partial charge in [-0.2, -0.15) is 0 Å². The molecule has 0 amide bonds. The second-order valence-corrected chi connectivity index (χ2v) is 8.33. The summed E-state index contributed by atoms with van der Waals surface area (Å²) in [5.41, 5.74) is 2.30. The van der Waals surface area contributed by atoms with Crippen LogP contribution in [0.25, 0.3) is 10.8 Å². The van der Waals surface area contributed by atoms with E-state index in [-0.39, 0.29) is 10.8 Å². The van der Waals surface area contributed by atoms with E-state index in [1.165, 1.54) is 12.1 Å². The Morgan fingerprint density at radius 2 is 1.77 bits per heavy atom. The van der Waals surface area contributed by atoms with E-state index >= 15 is 4.39 Å². The lowest BCUT2D eigenvalue weighted by Crippen LogP contribution is -2.26. The Morgan fingerprint density at radius 3 is 2.50 bits per heavy atom. The molecule has 0 bridgehead atoms. The fraction of sp³-hybridized carbons (Fsp3) is 0.360. The lowest BCUT2D eigenvalue weighted by molar-refractivity contribution is -0.206. The van der Waals surface area contributed by atoms with Gasteiger partial charge in [0, 0.05) is 16.9 Å². The Kier molecular flexibility index (Phi) is 6.67. The van der Waals surface area contributed by atoms with E-state index in [0.29, 0.717) is 42.9 Å². The van der Waals surface area contributed by atoms with Crippen LogP contribution in [0.3, 0.4) is 0 Å². The lowest BCUT2D eigenvalue weighted by Gasteiger charge is -2.29. The van der Waals surface area contributed by atoms with Crippen molar-refractivity contribution in [1.29, 1.82) is 0 Å². The molecule has 0 saturated carbocycles. The third kappa shape index (κ3) is 4.66. The molecule has 2 nitrogen and oxygen atoms in total. The normalized spacial score (nSPS) is 19.3. The standard InChI is InChI=1S/C25H25ClF2O2/c1-2-3-17-14-29-25(30-15-17)20-9-10-21-19(13-20)8-7-18(24(21)28)6-4-16-5-11-22(26)23(27)12-16/h5,7-13,17,25H,2-4,6,14-15H2,1H3. The van der Waals surface area contributed by atoms with Crippen LogP contribution in [0.2, 0.25) is 5.02 Å². The molecule has 1 heterocycles. The molecule has 0 aromatic heterocycles. The van der Waals surface area contributed by atoms with Crippen molar-refractivity contribution in [3.63, 3.8) is 0 Å². The van der Waals surface area contributed by atoms with Gasteiger partial charge in [-0.05, 0) is 54.0 Å². The highest BCUT2D eigenvalue weighted by Gasteiger charge is 2.23. The van der Waals surface area contributed by atoms with E-state index in [1.807, 2.05) is 18.2 Å². The maximum absolute atomic E-state index is 15.1. The molecule has 0 spiro atoms. The van der Waals surface area contributed by atoms with Crippen LogP contribution in [0.15, 0.2) is 48.5 Å². The zero-order valence-corrected chi connectivity index (χ0v) is 17.7. The van der Waals surface area contributed by atoms with Gasteiger partial charge in [0.15, 0.2) is 6.29 Å². The van der Waals surface area contributed by atoms with Crippen LogP contribution in [0.4, 0.5) is 8.78 Å². The molecule has 0 radical (unpaired) electrons. The first kappa shape index (κ1) is 21.2. The molecule has 0 aliphatic carbocycles. The number of hydrogen-bond donors (Lipinski definition) is 0. The number of benzene rings is 3. The Labute approximate surface area is 180 Å². The molecule has 0 atom stereocenters. The highest BCUT2D eigenvalue weighted by Crippen LogP contribution is 2.31. The summed E-state index contributed by atoms with van der Waals surface area (Å²) >= 11 is 5.73. The smallest absolute Gasteiger partial charge is 0.183 e. The van der Waals surface area contributed by atoms with Crippen molar-refractivity contribution in [2.24, 2.45) is 5.92 Å². The quantitative estimate of drug-likeness (QED) is 0.418. The highest BCUT2D eigenvalue weighted by molar-refractivity contribution is 6.30. The third-order valence-corrected chi connectivity index (χ3v) is 5.97. The number of aryl methyl sites for hydroxylation is 2. The van der Waals surface area contributed by atoms with Gasteiger partial charge in [-0.3, -0.25) is 0 Å². The summed E-state index contributed by atoms with van der Waals surface area (Å²) in [5.74, 6) is -0.239. The van der Waals surface area contributed by atoms with E-state index in [2.05, 4.69) is 6.92 Å². The third-order valence-electron chi connectivity index (χ3n) is 5.66. The zero-order chi connectivity index (χ0) is 21.1. The number of rotatable bonds is 6. The molecule has 1 aliphatic heterocycles. The van der Waals surface area contributed by atoms with Gasteiger partial charge >= 0.3 is 0 Å². The van der Waals surface area contributed by atoms with Crippen molar-refractivity contribution in [2.75, 3.05) is 13.2 Å². The van der Waals surface area contributed by atoms with Gasteiger partial charge < -0.3 is 9.47 Å². The molecule has 1 saturated heterocycles. The number of fused-ring (bicyclic) bond motifs is 1. The van der Waals surface area contributed by atoms with Crippen LogP contribution >= 0.6 is 11.6 Å². The van der Waals surface area contributed by atoms with Gasteiger partial charge in [0.2, 0.25) is 0 Å². The van der Waals surface area contributed by atoms with Crippen molar-refractivity contribution in [2.45, 2.75) is 38.9 Å². The minimum Gasteiger partial charge on any atom is -0.348 e. The number of hydrogen-bond acceptors (Lipinski definition) is 2. The van der Waals surface area contributed by atoms with Crippen LogP contribution in [-0.2, 0) is 22.3 Å². The van der Waals surface area contributed by atoms with Gasteiger partial charge in [-0.1, -0.05) is 55.3 Å². The maximum Gasteiger partial charge on any atom is 0.183 e. The number of ether oxygens (including phenoxy) is 2. The first-order valence-electron chi connectivity index (χ1n) is 10.4. The molecule has 3 aromatic carbocycles. The molecule has 0 unspecified atom stereocenters. The Hall–Kier alpha value is -2.01. The van der Waals surface area contributed by atoms with E-state index in [1.54, 1.807) is 18.2 Å². The minimum atomic E-state index is -0.450. The second kappa shape index (κ2) is 9.42. The monoisotopic (exact) mass is 430 g/mol. The Bertz CT molecular complexity index is 1030. The van der Waals surface area contributed by atoms with Crippen LogP contribution < -0.4 is 0 Å². The fourth-order valence-electron chi connectivity index (χ4n) is 3.98. The van der Waals surface area contributed by atoms with Crippen LogP contribution in [0.1, 0.15) is 42.7 Å². The summed E-state index contributed by atoms with van der Waals surface area (Å²) in [6, 6.07) is 14.0. The second-order valence-electron chi connectivity index (χ2n) is 7.92. The van der Waals surface area contributed by atoms with Crippen molar-refractivity contribution >= 4 is 22.4 Å². The van der Waals surface area contributed by atoms with E-state index < -0.39 is 12.1 Å². The summed E-state index contributed by atoms with van der Waals surface area (Å²) in [6.45, 7) is 3.54. The van der Waals surface area contributed by atoms with E-state index in [4.69, 9.17) is 21.1 Å². The maximum atomic E-state index is 15.1. The first-order chi connectivity index (χ1) is 14.5. The SMILES string of the molecule is CCCC1COC(c2ccc3c(F)c(CCc4ccc(Cl)c(F)c4)ccc3c2)OC1. The van der Waals surface area contributed by atoms with Crippen LogP contribution in [-0.4, -0.2) is 13.2 Å². The molecule has 158 valence electrons. The van der Waals surface area contributed by atoms with E-state index in [0.717, 1.165) is 29.4 Å². The average Bonchev–Trinajstić information content (AvgIpc) is 2.76. The summed E-state index contributed by atoms with van der Waals surface area (Å²) in [6.07, 6.45) is 2.84. The summed E-state index contributed by atoms with van der Waals surface area (Å²) in [4.78, 5) is 0. The topological polar surface area (TPSA) is 18.5 Å². The molecular formula is C25H25ClF2O2. The van der Waals surface area contributed by atoms with E-state index in [9.17, 15) is 4.39 Å². The summed E-state index contributed by atoms with van der Waals surface area (Å²) in [7, 11) is 0. The molecule has 0 N–H and O–H groups in total. The lowest BCUT2D eigenvalue weighted by atomic mass is 9.98. The van der Waals surface area contributed by atoms with Crippen molar-refractivity contribution in [3.05, 3.63) is 81.9 Å². The van der Waals surface area contributed by atoms with Crippen molar-refractivity contribution < 1.29 is 18.3 Å². The molecule has 3 aromatic rings. The predicted molar refractivity (Wildman–Crippen MR) is 116 cm³/mol. The van der Waals surface area contributed by atoms with Gasteiger partial charge in [-0.25, -0.2) is 8.78 Å². The van der Waals surface area contributed by atoms with Crippen molar-refractivity contribution in [1.82, 2.24) is 0 Å². The largest absolute Gasteiger partial charge is 0.348 e. The van der Waals surface area contributed by atoms with Gasteiger partial charge in [0.05, 0.1) is 18.2 Å². The molecule has 1 fully saturated rings.